The Bertz CT molecular complexity index is 620. The van der Waals surface area contributed by atoms with Crippen LogP contribution >= 0.6 is 15.9 Å². The monoisotopic (exact) mass is 362 g/mol. The van der Waals surface area contributed by atoms with Gasteiger partial charge in [-0.25, -0.2) is 17.6 Å². The van der Waals surface area contributed by atoms with Gasteiger partial charge in [0.05, 0.1) is 6.04 Å². The molecule has 0 saturated heterocycles. The molecule has 0 bridgehead atoms. The minimum Gasteiger partial charge on any atom is -0.271 e. The van der Waals surface area contributed by atoms with E-state index in [1.54, 1.807) is 0 Å². The molecular formula is C14H11BrF4N2. The highest BCUT2D eigenvalue weighted by Gasteiger charge is 2.21. The van der Waals surface area contributed by atoms with Crippen LogP contribution in [0, 0.1) is 23.3 Å². The van der Waals surface area contributed by atoms with Crippen LogP contribution in [0.4, 0.5) is 17.6 Å². The molecule has 21 heavy (non-hydrogen) atoms. The molecule has 1 atom stereocenters. The molecule has 7 heteroatoms. The van der Waals surface area contributed by atoms with E-state index in [9.17, 15) is 17.6 Å². The minimum atomic E-state index is -0.959. The molecule has 0 aromatic heterocycles. The molecule has 2 rings (SSSR count). The van der Waals surface area contributed by atoms with Crippen molar-refractivity contribution in [3.63, 3.8) is 0 Å². The van der Waals surface area contributed by atoms with Crippen LogP contribution in [-0.2, 0) is 6.42 Å². The fourth-order valence-electron chi connectivity index (χ4n) is 2.10. The van der Waals surface area contributed by atoms with Gasteiger partial charge in [-0.05, 0) is 36.2 Å². The molecule has 2 nitrogen and oxygen atoms in total. The van der Waals surface area contributed by atoms with Crippen molar-refractivity contribution in [1.29, 1.82) is 0 Å². The number of halogens is 5. The van der Waals surface area contributed by atoms with E-state index in [1.807, 2.05) is 0 Å². The van der Waals surface area contributed by atoms with Gasteiger partial charge in [0.25, 0.3) is 0 Å². The third-order valence-corrected chi connectivity index (χ3v) is 3.41. The second-order valence-corrected chi connectivity index (χ2v) is 5.40. The van der Waals surface area contributed by atoms with Crippen molar-refractivity contribution in [3.05, 3.63) is 69.2 Å². The first kappa shape index (κ1) is 15.9. The Morgan fingerprint density at radius 3 is 1.95 bits per heavy atom. The van der Waals surface area contributed by atoms with Crippen molar-refractivity contribution in [3.8, 4) is 0 Å². The van der Waals surface area contributed by atoms with E-state index >= 15 is 0 Å². The Morgan fingerprint density at radius 1 is 0.952 bits per heavy atom. The van der Waals surface area contributed by atoms with E-state index < -0.39 is 29.3 Å². The first-order valence-electron chi connectivity index (χ1n) is 5.96. The lowest BCUT2D eigenvalue weighted by atomic mass is 9.98. The second-order valence-electron chi connectivity index (χ2n) is 4.48. The zero-order valence-electron chi connectivity index (χ0n) is 10.6. The maximum atomic E-state index is 13.9. The smallest absolute Gasteiger partial charge is 0.132 e. The predicted molar refractivity (Wildman–Crippen MR) is 74.2 cm³/mol. The molecule has 0 saturated carbocycles. The summed E-state index contributed by atoms with van der Waals surface area (Å²) in [6.45, 7) is 0. The molecule has 0 aliphatic rings. The molecule has 3 N–H and O–H groups in total. The standard InChI is InChI=1S/C14H11BrF4N2/c15-8-4-11(18)14(12(19)5-8)13(21-20)3-7-1-9(16)6-10(17)2-7/h1-2,4-6,13,21H,3,20H2. The highest BCUT2D eigenvalue weighted by molar-refractivity contribution is 9.10. The van der Waals surface area contributed by atoms with Crippen LogP contribution in [0.25, 0.3) is 0 Å². The molecule has 2 aromatic rings. The molecule has 0 spiro atoms. The van der Waals surface area contributed by atoms with Gasteiger partial charge in [0, 0.05) is 16.1 Å². The van der Waals surface area contributed by atoms with Gasteiger partial charge in [-0.3, -0.25) is 11.3 Å². The summed E-state index contributed by atoms with van der Waals surface area (Å²) in [7, 11) is 0. The Balaban J connectivity index is 2.36. The minimum absolute atomic E-state index is 0.0688. The van der Waals surface area contributed by atoms with E-state index in [4.69, 9.17) is 5.84 Å². The van der Waals surface area contributed by atoms with Gasteiger partial charge >= 0.3 is 0 Å². The first-order chi connectivity index (χ1) is 9.90. The van der Waals surface area contributed by atoms with Crippen LogP contribution in [-0.4, -0.2) is 0 Å². The summed E-state index contributed by atoms with van der Waals surface area (Å²) in [5.41, 5.74) is 2.21. The van der Waals surface area contributed by atoms with Crippen LogP contribution in [0.5, 0.6) is 0 Å². The molecule has 0 aliphatic carbocycles. The van der Waals surface area contributed by atoms with Crippen LogP contribution in [0.2, 0.25) is 0 Å². The summed E-state index contributed by atoms with van der Waals surface area (Å²) < 4.78 is 54.3. The fourth-order valence-corrected chi connectivity index (χ4v) is 2.50. The SMILES string of the molecule is NNC(Cc1cc(F)cc(F)c1)c1c(F)cc(Br)cc1F. The zero-order valence-corrected chi connectivity index (χ0v) is 12.2. The van der Waals surface area contributed by atoms with Gasteiger partial charge in [0.2, 0.25) is 0 Å². The molecule has 0 heterocycles. The summed E-state index contributed by atoms with van der Waals surface area (Å²) in [6.07, 6.45) is -0.0688. The maximum absolute atomic E-state index is 13.9. The Morgan fingerprint density at radius 2 is 1.48 bits per heavy atom. The van der Waals surface area contributed by atoms with Gasteiger partial charge < -0.3 is 0 Å². The number of hydrazine groups is 1. The van der Waals surface area contributed by atoms with E-state index in [1.165, 1.54) is 0 Å². The maximum Gasteiger partial charge on any atom is 0.132 e. The van der Waals surface area contributed by atoms with E-state index in [2.05, 4.69) is 21.4 Å². The van der Waals surface area contributed by atoms with E-state index in [0.717, 1.165) is 30.3 Å². The van der Waals surface area contributed by atoms with E-state index in [-0.39, 0.29) is 22.0 Å². The summed E-state index contributed by atoms with van der Waals surface area (Å²) in [4.78, 5) is 0. The molecule has 0 amide bonds. The van der Waals surface area contributed by atoms with Crippen LogP contribution < -0.4 is 11.3 Å². The number of rotatable bonds is 4. The summed E-state index contributed by atoms with van der Waals surface area (Å²) in [6, 6.07) is 4.11. The lowest BCUT2D eigenvalue weighted by Gasteiger charge is -2.18. The van der Waals surface area contributed by atoms with Crippen LogP contribution in [0.3, 0.4) is 0 Å². The van der Waals surface area contributed by atoms with Crippen molar-refractivity contribution < 1.29 is 17.6 Å². The van der Waals surface area contributed by atoms with Gasteiger partial charge in [0.1, 0.15) is 23.3 Å². The third kappa shape index (κ3) is 3.81. The third-order valence-electron chi connectivity index (χ3n) is 2.96. The zero-order chi connectivity index (χ0) is 15.6. The van der Waals surface area contributed by atoms with Crippen molar-refractivity contribution in [1.82, 2.24) is 5.43 Å². The average molecular weight is 363 g/mol. The van der Waals surface area contributed by atoms with Gasteiger partial charge in [0.15, 0.2) is 0 Å². The first-order valence-corrected chi connectivity index (χ1v) is 6.75. The van der Waals surface area contributed by atoms with Gasteiger partial charge in [-0.15, -0.1) is 0 Å². The van der Waals surface area contributed by atoms with E-state index in [0.29, 0.717) is 0 Å². The Hall–Kier alpha value is -1.44. The lowest BCUT2D eigenvalue weighted by Crippen LogP contribution is -2.31. The summed E-state index contributed by atoms with van der Waals surface area (Å²) in [5.74, 6) is 2.18. The Kier molecular flexibility index (Phi) is 4.97. The topological polar surface area (TPSA) is 38.0 Å². The number of hydrogen-bond acceptors (Lipinski definition) is 2. The molecule has 0 aliphatic heterocycles. The number of nitrogens with one attached hydrogen (secondary N) is 1. The number of benzene rings is 2. The molecule has 2 aromatic carbocycles. The lowest BCUT2D eigenvalue weighted by molar-refractivity contribution is 0.470. The molecule has 0 fully saturated rings. The molecule has 112 valence electrons. The normalized spacial score (nSPS) is 12.5. The van der Waals surface area contributed by atoms with Crippen LogP contribution in [0.15, 0.2) is 34.8 Å². The summed E-state index contributed by atoms with van der Waals surface area (Å²) in [5, 5.41) is 0. The fraction of sp³-hybridized carbons (Fsp3) is 0.143. The Labute approximate surface area is 127 Å². The summed E-state index contributed by atoms with van der Waals surface area (Å²) >= 11 is 2.97. The van der Waals surface area contributed by atoms with Crippen molar-refractivity contribution >= 4 is 15.9 Å². The highest BCUT2D eigenvalue weighted by atomic mass is 79.9. The quantitative estimate of drug-likeness (QED) is 0.493. The predicted octanol–water partition coefficient (Wildman–Crippen LogP) is 3.75. The number of hydrogen-bond donors (Lipinski definition) is 2. The van der Waals surface area contributed by atoms with Crippen molar-refractivity contribution in [2.75, 3.05) is 0 Å². The highest BCUT2D eigenvalue weighted by Crippen LogP contribution is 2.27. The van der Waals surface area contributed by atoms with Gasteiger partial charge in [-0.1, -0.05) is 15.9 Å². The average Bonchev–Trinajstić information content (AvgIpc) is 2.35. The van der Waals surface area contributed by atoms with Crippen molar-refractivity contribution in [2.45, 2.75) is 12.5 Å². The van der Waals surface area contributed by atoms with Crippen LogP contribution in [0.1, 0.15) is 17.2 Å². The second kappa shape index (κ2) is 6.55. The molecular weight excluding hydrogens is 352 g/mol. The number of nitrogens with two attached hydrogens (primary N) is 1. The largest absolute Gasteiger partial charge is 0.271 e. The van der Waals surface area contributed by atoms with Crippen molar-refractivity contribution in [2.24, 2.45) is 5.84 Å². The van der Waals surface area contributed by atoms with Gasteiger partial charge in [-0.2, -0.15) is 0 Å². The molecule has 0 radical (unpaired) electrons. The molecule has 1 unspecified atom stereocenters.